The molecule has 0 N–H and O–H groups in total. The van der Waals surface area contributed by atoms with Crippen LogP contribution in [0.2, 0.25) is 18.1 Å². The predicted octanol–water partition coefficient (Wildman–Crippen LogP) is 3.82. The van der Waals surface area contributed by atoms with Crippen molar-refractivity contribution in [2.24, 2.45) is 5.92 Å². The van der Waals surface area contributed by atoms with Crippen molar-refractivity contribution in [3.05, 3.63) is 21.9 Å². The Morgan fingerprint density at radius 1 is 1.38 bits per heavy atom. The van der Waals surface area contributed by atoms with Crippen LogP contribution in [0.1, 0.15) is 47.5 Å². The second-order valence-corrected chi connectivity index (χ2v) is 12.7. The van der Waals surface area contributed by atoms with Gasteiger partial charge in [0.05, 0.1) is 5.76 Å². The third-order valence-corrected chi connectivity index (χ3v) is 9.71. The highest BCUT2D eigenvalue weighted by Gasteiger charge is 2.44. The first-order valence-electron chi connectivity index (χ1n) is 8.74. The molecule has 1 amide bonds. The molecule has 0 radical (unpaired) electrons. The lowest BCUT2D eigenvalue weighted by atomic mass is 9.87. The zero-order chi connectivity index (χ0) is 18.7. The smallest absolute Gasteiger partial charge is 0.250 e. The van der Waals surface area contributed by atoms with Crippen LogP contribution in [-0.4, -0.2) is 43.2 Å². The molecule has 24 heavy (non-hydrogen) atoms. The van der Waals surface area contributed by atoms with E-state index in [2.05, 4.69) is 33.9 Å². The van der Waals surface area contributed by atoms with E-state index in [1.165, 1.54) is 0 Å². The van der Waals surface area contributed by atoms with Crippen LogP contribution in [0, 0.1) is 16.0 Å². The molecule has 0 aliphatic heterocycles. The van der Waals surface area contributed by atoms with Crippen molar-refractivity contribution in [3.63, 3.8) is 0 Å². The number of carbonyl (C=O) groups excluding carboxylic acids is 1. The number of hydrogen-bond acceptors (Lipinski definition) is 4. The van der Waals surface area contributed by atoms with Gasteiger partial charge in [0.15, 0.2) is 0 Å². The molecule has 6 nitrogen and oxygen atoms in total. The van der Waals surface area contributed by atoms with E-state index in [-0.39, 0.29) is 22.3 Å². The van der Waals surface area contributed by atoms with Gasteiger partial charge in [-0.25, -0.2) is 0 Å². The van der Waals surface area contributed by atoms with E-state index in [1.807, 2.05) is 19.9 Å². The molecule has 0 aromatic heterocycles. The normalized spacial score (nSPS) is 21.9. The molecule has 0 saturated heterocycles. The standard InChI is InChI=1S/C17H32N2O4Si/c1-8-18(9-2)16(20)14-12-13(10-11-15(14)19(21)22)23-24(6,7)17(3,4)5/h10,14-15H,8-9,11-12H2,1-7H3/t14-,15-/m1/s1. The Balaban J connectivity index is 3.02. The van der Waals surface area contributed by atoms with E-state index in [4.69, 9.17) is 4.43 Å². The minimum atomic E-state index is -2.01. The summed E-state index contributed by atoms with van der Waals surface area (Å²) in [5, 5.41) is 11.4. The molecule has 138 valence electrons. The lowest BCUT2D eigenvalue weighted by Crippen LogP contribution is -2.46. The Kier molecular flexibility index (Phi) is 6.61. The van der Waals surface area contributed by atoms with Crippen LogP contribution in [0.3, 0.4) is 0 Å². The van der Waals surface area contributed by atoms with Crippen molar-refractivity contribution >= 4 is 14.2 Å². The largest absolute Gasteiger partial charge is 0.547 e. The number of allylic oxidation sites excluding steroid dienone is 1. The number of hydrogen-bond donors (Lipinski definition) is 0. The van der Waals surface area contributed by atoms with Crippen LogP contribution in [0.5, 0.6) is 0 Å². The van der Waals surface area contributed by atoms with E-state index in [0.717, 1.165) is 5.76 Å². The molecule has 0 fully saturated rings. The maximum Gasteiger partial charge on any atom is 0.250 e. The average Bonchev–Trinajstić information content (AvgIpc) is 2.46. The van der Waals surface area contributed by atoms with E-state index < -0.39 is 20.3 Å². The first-order valence-corrected chi connectivity index (χ1v) is 11.7. The predicted molar refractivity (Wildman–Crippen MR) is 97.8 cm³/mol. The van der Waals surface area contributed by atoms with Gasteiger partial charge in [-0.1, -0.05) is 20.8 Å². The summed E-state index contributed by atoms with van der Waals surface area (Å²) in [5.74, 6) is -0.0130. The molecule has 0 unspecified atom stereocenters. The molecule has 0 spiro atoms. The Morgan fingerprint density at radius 2 is 1.92 bits per heavy atom. The Bertz CT molecular complexity index is 507. The van der Waals surface area contributed by atoms with Gasteiger partial charge in [0.2, 0.25) is 20.3 Å². The maximum atomic E-state index is 12.7. The second kappa shape index (κ2) is 7.67. The number of nitro groups is 1. The summed E-state index contributed by atoms with van der Waals surface area (Å²) in [6.45, 7) is 15.7. The zero-order valence-corrected chi connectivity index (χ0v) is 17.1. The summed E-state index contributed by atoms with van der Waals surface area (Å²) in [5.41, 5.74) is 0. The SMILES string of the molecule is CCN(CC)C(=O)[C@@H]1CC(O[Si](C)(C)C(C)(C)C)=CC[C@H]1[N+](=O)[O-]. The topological polar surface area (TPSA) is 72.7 Å². The molecular weight excluding hydrogens is 324 g/mol. The molecule has 2 atom stereocenters. The number of carbonyl (C=O) groups is 1. The third-order valence-electron chi connectivity index (χ3n) is 5.33. The van der Waals surface area contributed by atoms with Crippen molar-refractivity contribution in [2.45, 2.75) is 71.6 Å². The number of rotatable bonds is 6. The molecule has 0 aromatic rings. The molecule has 7 heteroatoms. The maximum absolute atomic E-state index is 12.7. The van der Waals surface area contributed by atoms with E-state index in [9.17, 15) is 14.9 Å². The van der Waals surface area contributed by atoms with Gasteiger partial charge in [-0.3, -0.25) is 14.9 Å². The van der Waals surface area contributed by atoms with Crippen LogP contribution < -0.4 is 0 Å². The Morgan fingerprint density at radius 3 is 2.33 bits per heavy atom. The molecule has 1 aliphatic rings. The van der Waals surface area contributed by atoms with Gasteiger partial charge in [-0.05, 0) is 38.1 Å². The molecule has 0 bridgehead atoms. The summed E-state index contributed by atoms with van der Waals surface area (Å²) in [6, 6.07) is -0.857. The quantitative estimate of drug-likeness (QED) is 0.412. The van der Waals surface area contributed by atoms with Crippen molar-refractivity contribution in [3.8, 4) is 0 Å². The van der Waals surface area contributed by atoms with Gasteiger partial charge in [0, 0.05) is 30.9 Å². The number of nitrogens with zero attached hydrogens (tertiary/aromatic N) is 2. The lowest BCUT2D eigenvalue weighted by Gasteiger charge is -2.39. The van der Waals surface area contributed by atoms with Crippen LogP contribution in [0.25, 0.3) is 0 Å². The third kappa shape index (κ3) is 4.59. The average molecular weight is 357 g/mol. The van der Waals surface area contributed by atoms with E-state index in [1.54, 1.807) is 4.90 Å². The summed E-state index contributed by atoms with van der Waals surface area (Å²) in [4.78, 5) is 25.5. The molecule has 0 saturated carbocycles. The van der Waals surface area contributed by atoms with Crippen molar-refractivity contribution < 1.29 is 14.1 Å². The summed E-state index contributed by atoms with van der Waals surface area (Å²) >= 11 is 0. The fourth-order valence-electron chi connectivity index (χ4n) is 2.67. The molecular formula is C17H32N2O4Si. The van der Waals surface area contributed by atoms with E-state index >= 15 is 0 Å². The van der Waals surface area contributed by atoms with Gasteiger partial charge in [0.1, 0.15) is 5.92 Å². The fourth-order valence-corrected chi connectivity index (χ4v) is 3.80. The van der Waals surface area contributed by atoms with Gasteiger partial charge in [0.25, 0.3) is 0 Å². The van der Waals surface area contributed by atoms with Gasteiger partial charge >= 0.3 is 0 Å². The first-order chi connectivity index (χ1) is 10.9. The van der Waals surface area contributed by atoms with E-state index in [0.29, 0.717) is 19.5 Å². The highest BCUT2D eigenvalue weighted by molar-refractivity contribution is 6.74. The second-order valence-electron chi connectivity index (χ2n) is 7.94. The highest BCUT2D eigenvalue weighted by Crippen LogP contribution is 2.40. The lowest BCUT2D eigenvalue weighted by molar-refractivity contribution is -0.529. The summed E-state index contributed by atoms with van der Waals surface area (Å²) < 4.78 is 6.31. The van der Waals surface area contributed by atoms with Crippen LogP contribution >= 0.6 is 0 Å². The van der Waals surface area contributed by atoms with Crippen LogP contribution in [0.15, 0.2) is 11.8 Å². The first kappa shape index (κ1) is 20.7. The van der Waals surface area contributed by atoms with Gasteiger partial charge in [-0.2, -0.15) is 0 Å². The molecule has 1 rings (SSSR count). The fraction of sp³-hybridized carbons (Fsp3) is 0.824. The van der Waals surface area contributed by atoms with Crippen LogP contribution in [-0.2, 0) is 9.22 Å². The zero-order valence-electron chi connectivity index (χ0n) is 16.1. The highest BCUT2D eigenvalue weighted by atomic mass is 28.4. The van der Waals surface area contributed by atoms with Gasteiger partial charge < -0.3 is 9.33 Å². The van der Waals surface area contributed by atoms with Crippen LogP contribution in [0.4, 0.5) is 0 Å². The van der Waals surface area contributed by atoms with Crippen molar-refractivity contribution in [1.29, 1.82) is 0 Å². The molecule has 1 aliphatic carbocycles. The molecule has 0 heterocycles. The minimum absolute atomic E-state index is 0.0478. The Labute approximate surface area is 146 Å². The monoisotopic (exact) mass is 356 g/mol. The number of amides is 1. The minimum Gasteiger partial charge on any atom is -0.547 e. The summed E-state index contributed by atoms with van der Waals surface area (Å²) in [7, 11) is -2.01. The molecule has 0 aromatic carbocycles. The Hall–Kier alpha value is -1.37. The van der Waals surface area contributed by atoms with Gasteiger partial charge in [-0.15, -0.1) is 0 Å². The summed E-state index contributed by atoms with van der Waals surface area (Å²) in [6.07, 6.45) is 2.40. The van der Waals surface area contributed by atoms with Crippen molar-refractivity contribution in [1.82, 2.24) is 4.90 Å². The van der Waals surface area contributed by atoms with Crippen molar-refractivity contribution in [2.75, 3.05) is 13.1 Å².